The third kappa shape index (κ3) is 11.3. The Labute approximate surface area is 166 Å². The predicted octanol–water partition coefficient (Wildman–Crippen LogP) is 6.50. The van der Waals surface area contributed by atoms with Crippen molar-refractivity contribution >= 4 is 10.1 Å². The lowest BCUT2D eigenvalue weighted by atomic mass is 10.1. The molecular formula is C22H38O4S. The summed E-state index contributed by atoms with van der Waals surface area (Å²) >= 11 is 0. The Morgan fingerprint density at radius 1 is 0.815 bits per heavy atom. The maximum atomic E-state index is 12.1. The molecule has 1 aromatic rings. The van der Waals surface area contributed by atoms with Crippen LogP contribution in [-0.2, 0) is 10.1 Å². The summed E-state index contributed by atoms with van der Waals surface area (Å²) in [6, 6.07) is 4.66. The van der Waals surface area contributed by atoms with E-state index >= 15 is 0 Å². The summed E-state index contributed by atoms with van der Waals surface area (Å²) in [5.74, 6) is 0.285. The highest BCUT2D eigenvalue weighted by Crippen LogP contribution is 2.27. The van der Waals surface area contributed by atoms with E-state index in [1.54, 1.807) is 19.1 Å². The van der Waals surface area contributed by atoms with Gasteiger partial charge in [0.05, 0.1) is 5.75 Å². The molecule has 0 aliphatic rings. The first-order valence-electron chi connectivity index (χ1n) is 10.7. The Morgan fingerprint density at radius 2 is 1.30 bits per heavy atom. The minimum atomic E-state index is -3.60. The van der Waals surface area contributed by atoms with Crippen molar-refractivity contribution in [3.8, 4) is 11.5 Å². The van der Waals surface area contributed by atoms with Gasteiger partial charge in [-0.3, -0.25) is 0 Å². The van der Waals surface area contributed by atoms with Crippen LogP contribution in [0.15, 0.2) is 18.2 Å². The molecule has 0 unspecified atom stereocenters. The molecule has 5 heteroatoms. The van der Waals surface area contributed by atoms with E-state index in [9.17, 15) is 13.5 Å². The van der Waals surface area contributed by atoms with Gasteiger partial charge in [-0.25, -0.2) is 0 Å². The van der Waals surface area contributed by atoms with Crippen molar-refractivity contribution < 1.29 is 17.7 Å². The Hall–Kier alpha value is -1.23. The second-order valence-electron chi connectivity index (χ2n) is 7.49. The van der Waals surface area contributed by atoms with Crippen molar-refractivity contribution in [1.29, 1.82) is 0 Å². The minimum absolute atomic E-state index is 0.0276. The molecule has 0 heterocycles. The molecule has 0 spiro atoms. The molecule has 1 rings (SSSR count). The number of hydrogen-bond donors (Lipinski definition) is 1. The largest absolute Gasteiger partial charge is 0.508 e. The highest BCUT2D eigenvalue weighted by atomic mass is 32.2. The van der Waals surface area contributed by atoms with E-state index in [1.165, 1.54) is 70.3 Å². The summed E-state index contributed by atoms with van der Waals surface area (Å²) in [6.07, 6.45) is 15.8. The second-order valence-corrected chi connectivity index (χ2v) is 9.18. The van der Waals surface area contributed by atoms with Gasteiger partial charge in [0.1, 0.15) is 11.5 Å². The summed E-state index contributed by atoms with van der Waals surface area (Å²) in [6.45, 7) is 3.89. The molecule has 0 radical (unpaired) electrons. The van der Waals surface area contributed by atoms with E-state index < -0.39 is 10.1 Å². The average Bonchev–Trinajstić information content (AvgIpc) is 2.63. The van der Waals surface area contributed by atoms with Crippen LogP contribution in [0.25, 0.3) is 0 Å². The van der Waals surface area contributed by atoms with Gasteiger partial charge in [-0.15, -0.1) is 0 Å². The van der Waals surface area contributed by atoms with Crippen molar-refractivity contribution in [3.63, 3.8) is 0 Å². The van der Waals surface area contributed by atoms with Crippen molar-refractivity contribution in [2.24, 2.45) is 0 Å². The summed E-state index contributed by atoms with van der Waals surface area (Å²) in [7, 11) is -3.60. The van der Waals surface area contributed by atoms with E-state index in [4.69, 9.17) is 4.18 Å². The smallest absolute Gasteiger partial charge is 0.309 e. The van der Waals surface area contributed by atoms with Crippen LogP contribution in [0.1, 0.15) is 96.0 Å². The predicted molar refractivity (Wildman–Crippen MR) is 113 cm³/mol. The third-order valence-electron chi connectivity index (χ3n) is 4.97. The number of aromatic hydroxyl groups is 1. The number of hydrogen-bond acceptors (Lipinski definition) is 4. The van der Waals surface area contributed by atoms with Crippen molar-refractivity contribution in [3.05, 3.63) is 23.8 Å². The van der Waals surface area contributed by atoms with Crippen molar-refractivity contribution in [2.75, 3.05) is 5.75 Å². The van der Waals surface area contributed by atoms with Gasteiger partial charge in [0.2, 0.25) is 0 Å². The van der Waals surface area contributed by atoms with Gasteiger partial charge in [0, 0.05) is 5.56 Å². The van der Waals surface area contributed by atoms with Gasteiger partial charge >= 0.3 is 10.1 Å². The van der Waals surface area contributed by atoms with E-state index in [0.717, 1.165) is 12.8 Å². The summed E-state index contributed by atoms with van der Waals surface area (Å²) in [5, 5.41) is 9.62. The molecule has 27 heavy (non-hydrogen) atoms. The zero-order valence-corrected chi connectivity index (χ0v) is 18.0. The first kappa shape index (κ1) is 23.8. The van der Waals surface area contributed by atoms with Crippen molar-refractivity contribution in [1.82, 2.24) is 0 Å². The highest BCUT2D eigenvalue weighted by molar-refractivity contribution is 7.87. The fraction of sp³-hybridized carbons (Fsp3) is 0.727. The molecule has 0 fully saturated rings. The van der Waals surface area contributed by atoms with Gasteiger partial charge in [-0.1, -0.05) is 90.0 Å². The van der Waals surface area contributed by atoms with Crippen molar-refractivity contribution in [2.45, 2.75) is 97.3 Å². The molecule has 4 nitrogen and oxygen atoms in total. The standard InChI is InChI=1S/C22H38O4S/c1-3-4-5-6-7-8-9-10-11-12-13-14-15-19-27(24,25)26-22-18-16-17-21(23)20(22)2/h16-18,23H,3-15,19H2,1-2H3. The molecule has 0 aliphatic carbocycles. The zero-order valence-electron chi connectivity index (χ0n) is 17.2. The summed E-state index contributed by atoms with van der Waals surface area (Å²) in [4.78, 5) is 0. The molecule has 156 valence electrons. The van der Waals surface area contributed by atoms with E-state index in [-0.39, 0.29) is 17.3 Å². The number of rotatable bonds is 16. The maximum absolute atomic E-state index is 12.1. The van der Waals surface area contributed by atoms with Crippen LogP contribution in [0.5, 0.6) is 11.5 Å². The van der Waals surface area contributed by atoms with E-state index in [0.29, 0.717) is 12.0 Å². The highest BCUT2D eigenvalue weighted by Gasteiger charge is 2.15. The topological polar surface area (TPSA) is 63.6 Å². The van der Waals surface area contributed by atoms with Crippen LogP contribution in [0.4, 0.5) is 0 Å². The van der Waals surface area contributed by atoms with Gasteiger partial charge in [-0.05, 0) is 25.5 Å². The van der Waals surface area contributed by atoms with Crippen LogP contribution in [0.2, 0.25) is 0 Å². The van der Waals surface area contributed by atoms with Crippen LogP contribution < -0.4 is 4.18 Å². The third-order valence-corrected chi connectivity index (χ3v) is 6.19. The molecule has 0 saturated carbocycles. The molecule has 1 aromatic carbocycles. The number of phenols is 1. The summed E-state index contributed by atoms with van der Waals surface area (Å²) < 4.78 is 29.3. The second kappa shape index (κ2) is 13.9. The Morgan fingerprint density at radius 3 is 1.81 bits per heavy atom. The number of unbranched alkanes of at least 4 members (excludes halogenated alkanes) is 12. The lowest BCUT2D eigenvalue weighted by Crippen LogP contribution is -2.14. The number of phenolic OH excluding ortho intramolecular Hbond substituents is 1. The fourth-order valence-corrected chi connectivity index (χ4v) is 4.26. The average molecular weight is 399 g/mol. The monoisotopic (exact) mass is 398 g/mol. The SMILES string of the molecule is CCCCCCCCCCCCCCCS(=O)(=O)Oc1cccc(O)c1C. The summed E-state index contributed by atoms with van der Waals surface area (Å²) in [5.41, 5.74) is 0.450. The fourth-order valence-electron chi connectivity index (χ4n) is 3.17. The van der Waals surface area contributed by atoms with E-state index in [1.807, 2.05) is 0 Å². The van der Waals surface area contributed by atoms with Crippen LogP contribution in [0, 0.1) is 6.92 Å². The van der Waals surface area contributed by atoms with E-state index in [2.05, 4.69) is 6.92 Å². The normalized spacial score (nSPS) is 11.6. The Bertz CT molecular complexity index is 611. The molecular weight excluding hydrogens is 360 g/mol. The zero-order chi connectivity index (χ0) is 20.0. The van der Waals surface area contributed by atoms with Gasteiger partial charge in [-0.2, -0.15) is 8.42 Å². The molecule has 0 aliphatic heterocycles. The minimum Gasteiger partial charge on any atom is -0.508 e. The van der Waals surface area contributed by atoms with Gasteiger partial charge in [0.15, 0.2) is 0 Å². The Kier molecular flexibility index (Phi) is 12.2. The first-order valence-corrected chi connectivity index (χ1v) is 12.2. The lowest BCUT2D eigenvalue weighted by Gasteiger charge is -2.10. The molecule has 1 N–H and O–H groups in total. The first-order chi connectivity index (χ1) is 13.0. The lowest BCUT2D eigenvalue weighted by molar-refractivity contribution is 0.456. The Balaban J connectivity index is 2.03. The maximum Gasteiger partial charge on any atom is 0.309 e. The molecule has 0 saturated heterocycles. The van der Waals surface area contributed by atoms with Crippen LogP contribution in [0.3, 0.4) is 0 Å². The molecule has 0 amide bonds. The molecule has 0 atom stereocenters. The molecule has 0 bridgehead atoms. The number of benzene rings is 1. The van der Waals surface area contributed by atoms with Crippen LogP contribution >= 0.6 is 0 Å². The van der Waals surface area contributed by atoms with Crippen LogP contribution in [-0.4, -0.2) is 19.3 Å². The quantitative estimate of drug-likeness (QED) is 0.255. The van der Waals surface area contributed by atoms with Gasteiger partial charge < -0.3 is 9.29 Å². The van der Waals surface area contributed by atoms with Gasteiger partial charge in [0.25, 0.3) is 0 Å². The molecule has 0 aromatic heterocycles.